The fourth-order valence-electron chi connectivity index (χ4n) is 3.95. The average Bonchev–Trinajstić information content (AvgIpc) is 3.54. The van der Waals surface area contributed by atoms with Gasteiger partial charge in [0, 0.05) is 33.0 Å². The predicted molar refractivity (Wildman–Crippen MR) is 138 cm³/mol. The molecule has 0 saturated carbocycles. The quantitative estimate of drug-likeness (QED) is 0.484. The molecular formula is C27H42LiN2O2P. The monoisotopic (exact) mass is 464 g/mol. The Labute approximate surface area is 216 Å². The maximum absolute atomic E-state index is 4.94. The van der Waals surface area contributed by atoms with E-state index in [1.165, 1.54) is 56.3 Å². The van der Waals surface area contributed by atoms with E-state index in [1.807, 2.05) is 0 Å². The SMILES string of the molecule is C1CCOC1.C1CCOC1.C[P-]c1ccccc1C(c1ccccc1CN(C)C)N(C)C.[Li+]. The molecule has 1 unspecified atom stereocenters. The first-order chi connectivity index (χ1) is 15.5. The van der Waals surface area contributed by atoms with Crippen LogP contribution in [0.2, 0.25) is 0 Å². The average molecular weight is 465 g/mol. The molecule has 0 aliphatic carbocycles. The normalized spacial score (nSPS) is 16.2. The van der Waals surface area contributed by atoms with Crippen LogP contribution in [-0.2, 0) is 16.0 Å². The van der Waals surface area contributed by atoms with Gasteiger partial charge in [0.2, 0.25) is 0 Å². The van der Waals surface area contributed by atoms with E-state index in [9.17, 15) is 0 Å². The van der Waals surface area contributed by atoms with Crippen molar-refractivity contribution in [2.45, 2.75) is 38.3 Å². The van der Waals surface area contributed by atoms with Gasteiger partial charge >= 0.3 is 18.9 Å². The summed E-state index contributed by atoms with van der Waals surface area (Å²) in [5.41, 5.74) is 4.20. The summed E-state index contributed by atoms with van der Waals surface area (Å²) < 4.78 is 9.89. The molecule has 2 saturated heterocycles. The molecule has 2 aromatic rings. The third-order valence-electron chi connectivity index (χ3n) is 5.48. The third-order valence-corrected chi connectivity index (χ3v) is 6.37. The Bertz CT molecular complexity index is 740. The van der Waals surface area contributed by atoms with Gasteiger partial charge in [0.15, 0.2) is 0 Å². The van der Waals surface area contributed by atoms with Crippen molar-refractivity contribution in [1.82, 2.24) is 9.80 Å². The van der Waals surface area contributed by atoms with Crippen molar-refractivity contribution in [1.29, 1.82) is 0 Å². The number of hydrogen-bond donors (Lipinski definition) is 0. The van der Waals surface area contributed by atoms with Gasteiger partial charge in [0.05, 0.1) is 6.04 Å². The number of rotatable bonds is 6. The van der Waals surface area contributed by atoms with Crippen LogP contribution in [0.1, 0.15) is 48.4 Å². The number of benzene rings is 2. The molecule has 2 fully saturated rings. The van der Waals surface area contributed by atoms with Gasteiger partial charge in [-0.1, -0.05) is 54.1 Å². The van der Waals surface area contributed by atoms with E-state index >= 15 is 0 Å². The van der Waals surface area contributed by atoms with Crippen LogP contribution in [0.15, 0.2) is 48.5 Å². The van der Waals surface area contributed by atoms with Gasteiger partial charge in [0.1, 0.15) is 0 Å². The van der Waals surface area contributed by atoms with Crippen molar-refractivity contribution in [3.8, 4) is 0 Å². The minimum atomic E-state index is 0. The van der Waals surface area contributed by atoms with Crippen LogP contribution >= 0.6 is 8.58 Å². The number of hydrogen-bond acceptors (Lipinski definition) is 4. The van der Waals surface area contributed by atoms with E-state index in [2.05, 4.69) is 93.2 Å². The minimum absolute atomic E-state index is 0. The standard InChI is InChI=1S/C19H26N2P.2C4H8O.Li/c1-20(2)14-15-10-6-7-11-16(15)19(21(3)4)17-12-8-9-13-18(17)22-5;2*1-2-4-5-3-1;/h6-13,19H,14H2,1-5H3;2*1-4H2;/q-1;;;+1. The Hall–Kier alpha value is -0.693. The van der Waals surface area contributed by atoms with Crippen molar-refractivity contribution in [2.24, 2.45) is 0 Å². The van der Waals surface area contributed by atoms with E-state index < -0.39 is 0 Å². The molecule has 6 heteroatoms. The topological polar surface area (TPSA) is 24.9 Å². The van der Waals surface area contributed by atoms with Crippen LogP contribution in [-0.4, -0.2) is 71.1 Å². The molecule has 0 radical (unpaired) electrons. The molecule has 0 aromatic heterocycles. The van der Waals surface area contributed by atoms with Crippen LogP contribution in [0.4, 0.5) is 0 Å². The van der Waals surface area contributed by atoms with Crippen LogP contribution in [0.5, 0.6) is 0 Å². The zero-order chi connectivity index (χ0) is 23.2. The maximum Gasteiger partial charge on any atom is 1.00 e. The molecule has 4 nitrogen and oxygen atoms in total. The first-order valence-corrected chi connectivity index (χ1v) is 13.1. The van der Waals surface area contributed by atoms with Crippen molar-refractivity contribution in [2.75, 3.05) is 61.3 Å². The molecular weight excluding hydrogens is 422 g/mol. The van der Waals surface area contributed by atoms with Crippen LogP contribution in [0.3, 0.4) is 0 Å². The van der Waals surface area contributed by atoms with E-state index in [-0.39, 0.29) is 18.9 Å². The van der Waals surface area contributed by atoms with Crippen molar-refractivity contribution in [3.63, 3.8) is 0 Å². The Balaban J connectivity index is 0.000000404. The predicted octanol–water partition coefficient (Wildman–Crippen LogP) is 2.20. The first-order valence-electron chi connectivity index (χ1n) is 11.8. The van der Waals surface area contributed by atoms with Gasteiger partial charge in [-0.25, -0.2) is 0 Å². The minimum Gasteiger partial charge on any atom is -0.509 e. The first kappa shape index (κ1) is 30.3. The molecule has 2 aliphatic heterocycles. The van der Waals surface area contributed by atoms with Crippen molar-refractivity contribution in [3.05, 3.63) is 65.2 Å². The Kier molecular flexibility index (Phi) is 16.3. The van der Waals surface area contributed by atoms with Crippen molar-refractivity contribution < 1.29 is 28.3 Å². The molecule has 2 aliphatic rings. The molecule has 2 aromatic carbocycles. The molecule has 0 N–H and O–H groups in total. The maximum atomic E-state index is 4.94. The van der Waals surface area contributed by atoms with Gasteiger partial charge in [-0.2, -0.15) is 12.0 Å². The van der Waals surface area contributed by atoms with Crippen LogP contribution in [0, 0.1) is 0 Å². The van der Waals surface area contributed by atoms with Crippen molar-refractivity contribution >= 4 is 13.9 Å². The second-order valence-electron chi connectivity index (χ2n) is 8.72. The molecule has 178 valence electrons. The Morgan fingerprint density at radius 3 is 1.67 bits per heavy atom. The van der Waals surface area contributed by atoms with Gasteiger partial charge in [-0.05, 0) is 65.0 Å². The summed E-state index contributed by atoms with van der Waals surface area (Å²) in [4.78, 5) is 4.55. The second-order valence-corrected chi connectivity index (χ2v) is 9.65. The number of ether oxygens (including phenoxy) is 2. The summed E-state index contributed by atoms with van der Waals surface area (Å²) in [5, 5.41) is 1.40. The van der Waals surface area contributed by atoms with Crippen LogP contribution in [0.25, 0.3) is 0 Å². The summed E-state index contributed by atoms with van der Waals surface area (Å²) in [6, 6.07) is 17.9. The van der Waals surface area contributed by atoms with Crippen LogP contribution < -0.4 is 24.2 Å². The third kappa shape index (κ3) is 11.1. The molecule has 0 bridgehead atoms. The fraction of sp³-hybridized carbons (Fsp3) is 0.556. The van der Waals surface area contributed by atoms with E-state index in [1.54, 1.807) is 0 Å². The molecule has 4 rings (SSSR count). The second kappa shape index (κ2) is 17.7. The van der Waals surface area contributed by atoms with Gasteiger partial charge in [0.25, 0.3) is 0 Å². The van der Waals surface area contributed by atoms with Gasteiger partial charge in [-0.15, -0.1) is 0 Å². The summed E-state index contributed by atoms with van der Waals surface area (Å²) in [7, 11) is 9.90. The number of nitrogens with zero attached hydrogens (tertiary/aromatic N) is 2. The zero-order valence-electron chi connectivity index (χ0n) is 21.7. The van der Waals surface area contributed by atoms with E-state index in [0.29, 0.717) is 6.04 Å². The van der Waals surface area contributed by atoms with Gasteiger partial charge in [-0.3, -0.25) is 4.90 Å². The molecule has 0 amide bonds. The Morgan fingerprint density at radius 2 is 1.24 bits per heavy atom. The summed E-state index contributed by atoms with van der Waals surface area (Å²) in [6.07, 6.45) is 5.11. The molecule has 2 heterocycles. The smallest absolute Gasteiger partial charge is 0.509 e. The van der Waals surface area contributed by atoms with E-state index in [4.69, 9.17) is 9.47 Å². The van der Waals surface area contributed by atoms with E-state index in [0.717, 1.165) is 33.0 Å². The zero-order valence-corrected chi connectivity index (χ0v) is 22.6. The Morgan fingerprint density at radius 1 is 0.758 bits per heavy atom. The summed E-state index contributed by atoms with van der Waals surface area (Å²) >= 11 is 0. The molecule has 0 spiro atoms. The summed E-state index contributed by atoms with van der Waals surface area (Å²) in [5.74, 6) is 0. The molecule has 1 atom stereocenters. The molecule has 33 heavy (non-hydrogen) atoms. The fourth-order valence-corrected chi connectivity index (χ4v) is 4.64. The summed E-state index contributed by atoms with van der Waals surface area (Å²) in [6.45, 7) is 7.17. The largest absolute Gasteiger partial charge is 1.00 e. The van der Waals surface area contributed by atoms with Gasteiger partial charge < -0.3 is 23.0 Å².